The van der Waals surface area contributed by atoms with Crippen molar-refractivity contribution in [1.29, 1.82) is 0 Å². The molecule has 1 N–H and O–H groups in total. The smallest absolute Gasteiger partial charge is 0.307 e. The van der Waals surface area contributed by atoms with Crippen molar-refractivity contribution in [3.8, 4) is 0 Å². The number of carbonyl (C=O) groups is 1. The van der Waals surface area contributed by atoms with Crippen molar-refractivity contribution in [2.24, 2.45) is 5.92 Å². The van der Waals surface area contributed by atoms with Crippen molar-refractivity contribution in [2.75, 3.05) is 11.5 Å². The highest BCUT2D eigenvalue weighted by Crippen LogP contribution is 2.26. The predicted octanol–water partition coefficient (Wildman–Crippen LogP) is 2.61. The molecule has 1 fully saturated rings. The van der Waals surface area contributed by atoms with E-state index < -0.39 is 5.97 Å². The van der Waals surface area contributed by atoms with E-state index in [1.54, 1.807) is 0 Å². The molecule has 1 heterocycles. The van der Waals surface area contributed by atoms with Crippen molar-refractivity contribution in [3.63, 3.8) is 0 Å². The number of aliphatic carboxylic acids is 1. The Kier molecular flexibility index (Phi) is 3.88. The van der Waals surface area contributed by atoms with Crippen LogP contribution in [0.15, 0.2) is 24.3 Å². The first-order valence-electron chi connectivity index (χ1n) is 5.61. The average Bonchev–Trinajstić information content (AvgIpc) is 2.73. The molecular weight excluding hydrogens is 220 g/mol. The van der Waals surface area contributed by atoms with Gasteiger partial charge in [0.05, 0.1) is 6.42 Å². The second-order valence-corrected chi connectivity index (χ2v) is 5.47. The summed E-state index contributed by atoms with van der Waals surface area (Å²) >= 11 is 2.04. The van der Waals surface area contributed by atoms with Crippen LogP contribution in [0.3, 0.4) is 0 Å². The van der Waals surface area contributed by atoms with Gasteiger partial charge in [-0.3, -0.25) is 4.79 Å². The Balaban J connectivity index is 1.93. The van der Waals surface area contributed by atoms with Crippen LogP contribution in [0.2, 0.25) is 0 Å². The minimum atomic E-state index is -0.764. The average molecular weight is 236 g/mol. The number of thioether (sulfide) groups is 1. The molecule has 2 rings (SSSR count). The second kappa shape index (κ2) is 5.39. The maximum Gasteiger partial charge on any atom is 0.307 e. The summed E-state index contributed by atoms with van der Waals surface area (Å²) in [4.78, 5) is 10.5. The third-order valence-corrected chi connectivity index (χ3v) is 4.16. The molecule has 0 aliphatic carbocycles. The zero-order valence-corrected chi connectivity index (χ0v) is 10.0. The van der Waals surface area contributed by atoms with E-state index in [9.17, 15) is 4.79 Å². The Labute approximate surface area is 100 Å². The van der Waals surface area contributed by atoms with Gasteiger partial charge >= 0.3 is 5.97 Å². The van der Waals surface area contributed by atoms with Gasteiger partial charge in [0, 0.05) is 0 Å². The van der Waals surface area contributed by atoms with E-state index >= 15 is 0 Å². The number of carboxylic acid groups (broad SMARTS) is 1. The molecule has 1 unspecified atom stereocenters. The fraction of sp³-hybridized carbons (Fsp3) is 0.462. The maximum absolute atomic E-state index is 10.5. The van der Waals surface area contributed by atoms with Crippen molar-refractivity contribution >= 4 is 17.7 Å². The molecule has 0 amide bonds. The number of carboxylic acids is 1. The molecule has 1 atom stereocenters. The van der Waals surface area contributed by atoms with Crippen LogP contribution in [0, 0.1) is 5.92 Å². The van der Waals surface area contributed by atoms with Crippen molar-refractivity contribution in [3.05, 3.63) is 35.4 Å². The fourth-order valence-corrected chi connectivity index (χ4v) is 3.33. The van der Waals surface area contributed by atoms with Gasteiger partial charge in [-0.2, -0.15) is 11.8 Å². The Bertz CT molecular complexity index is 353. The largest absolute Gasteiger partial charge is 0.481 e. The molecule has 0 spiro atoms. The van der Waals surface area contributed by atoms with Gasteiger partial charge in [-0.05, 0) is 41.4 Å². The van der Waals surface area contributed by atoms with Crippen molar-refractivity contribution in [2.45, 2.75) is 19.3 Å². The van der Waals surface area contributed by atoms with Crippen LogP contribution >= 0.6 is 11.8 Å². The first-order valence-corrected chi connectivity index (χ1v) is 6.77. The van der Waals surface area contributed by atoms with Crippen LogP contribution in [-0.4, -0.2) is 22.6 Å². The highest BCUT2D eigenvalue weighted by Gasteiger charge is 2.15. The van der Waals surface area contributed by atoms with Gasteiger partial charge in [0.2, 0.25) is 0 Å². The molecule has 1 aromatic rings. The van der Waals surface area contributed by atoms with Gasteiger partial charge in [-0.25, -0.2) is 0 Å². The van der Waals surface area contributed by atoms with Crippen LogP contribution in [0.4, 0.5) is 0 Å². The Hall–Kier alpha value is -0.960. The molecule has 1 saturated heterocycles. The van der Waals surface area contributed by atoms with Gasteiger partial charge in [0.1, 0.15) is 0 Å². The molecule has 0 bridgehead atoms. The molecule has 0 saturated carbocycles. The zero-order valence-electron chi connectivity index (χ0n) is 9.19. The third-order valence-electron chi connectivity index (χ3n) is 2.93. The minimum Gasteiger partial charge on any atom is -0.481 e. The van der Waals surface area contributed by atoms with E-state index in [0.717, 1.165) is 17.9 Å². The van der Waals surface area contributed by atoms with E-state index in [1.165, 1.54) is 23.5 Å². The van der Waals surface area contributed by atoms with Gasteiger partial charge in [0.15, 0.2) is 0 Å². The first kappa shape index (κ1) is 11.5. The second-order valence-electron chi connectivity index (χ2n) is 4.32. The first-order chi connectivity index (χ1) is 7.74. The van der Waals surface area contributed by atoms with Crippen LogP contribution in [0.25, 0.3) is 0 Å². The summed E-state index contributed by atoms with van der Waals surface area (Å²) in [7, 11) is 0. The summed E-state index contributed by atoms with van der Waals surface area (Å²) in [6, 6.07) is 8.01. The lowest BCUT2D eigenvalue weighted by Crippen LogP contribution is -2.03. The summed E-state index contributed by atoms with van der Waals surface area (Å²) < 4.78 is 0. The Morgan fingerprint density at radius 1 is 1.31 bits per heavy atom. The lowest BCUT2D eigenvalue weighted by Gasteiger charge is -2.08. The highest BCUT2D eigenvalue weighted by molar-refractivity contribution is 7.99. The summed E-state index contributed by atoms with van der Waals surface area (Å²) in [5.41, 5.74) is 2.22. The molecule has 2 nitrogen and oxygen atoms in total. The van der Waals surface area contributed by atoms with Crippen molar-refractivity contribution < 1.29 is 9.90 Å². The van der Waals surface area contributed by atoms with Crippen LogP contribution < -0.4 is 0 Å². The monoisotopic (exact) mass is 236 g/mol. The van der Waals surface area contributed by atoms with E-state index in [0.29, 0.717) is 0 Å². The molecule has 3 heteroatoms. The van der Waals surface area contributed by atoms with Crippen LogP contribution in [0.5, 0.6) is 0 Å². The molecule has 86 valence electrons. The van der Waals surface area contributed by atoms with E-state index in [4.69, 9.17) is 5.11 Å². The number of rotatable bonds is 4. The molecule has 1 aliphatic heterocycles. The SMILES string of the molecule is O=C(O)Cc1ccc(CC2CCSC2)cc1. The molecule has 1 aliphatic rings. The molecule has 16 heavy (non-hydrogen) atoms. The highest BCUT2D eigenvalue weighted by atomic mass is 32.2. The lowest BCUT2D eigenvalue weighted by molar-refractivity contribution is -0.136. The maximum atomic E-state index is 10.5. The molecule has 0 aromatic heterocycles. The standard InChI is InChI=1S/C13H16O2S/c14-13(15)8-11-3-1-10(2-4-11)7-12-5-6-16-9-12/h1-4,12H,5-9H2,(H,14,15). The van der Waals surface area contributed by atoms with Crippen LogP contribution in [0.1, 0.15) is 17.5 Å². The van der Waals surface area contributed by atoms with Gasteiger partial charge in [-0.15, -0.1) is 0 Å². The lowest BCUT2D eigenvalue weighted by atomic mass is 9.98. The quantitative estimate of drug-likeness (QED) is 0.873. The van der Waals surface area contributed by atoms with Gasteiger partial charge < -0.3 is 5.11 Å². The summed E-state index contributed by atoms with van der Waals surface area (Å²) in [5.74, 6) is 2.62. The minimum absolute atomic E-state index is 0.125. The molecular formula is C13H16O2S. The zero-order chi connectivity index (χ0) is 11.4. The van der Waals surface area contributed by atoms with Gasteiger partial charge in [-0.1, -0.05) is 24.3 Å². The Morgan fingerprint density at radius 2 is 2.00 bits per heavy atom. The fourth-order valence-electron chi connectivity index (χ4n) is 2.05. The number of hydrogen-bond acceptors (Lipinski definition) is 2. The molecule has 1 aromatic carbocycles. The predicted molar refractivity (Wildman–Crippen MR) is 66.9 cm³/mol. The van der Waals surface area contributed by atoms with E-state index in [-0.39, 0.29) is 6.42 Å². The van der Waals surface area contributed by atoms with Crippen LogP contribution in [-0.2, 0) is 17.6 Å². The summed E-state index contributed by atoms with van der Waals surface area (Å²) in [6.07, 6.45) is 2.58. The molecule has 0 radical (unpaired) electrons. The normalized spacial score (nSPS) is 19.9. The number of benzene rings is 1. The van der Waals surface area contributed by atoms with E-state index in [1.807, 2.05) is 23.9 Å². The summed E-state index contributed by atoms with van der Waals surface area (Å²) in [5, 5.41) is 8.66. The number of hydrogen-bond donors (Lipinski definition) is 1. The van der Waals surface area contributed by atoms with Gasteiger partial charge in [0.25, 0.3) is 0 Å². The third kappa shape index (κ3) is 3.27. The summed E-state index contributed by atoms with van der Waals surface area (Å²) in [6.45, 7) is 0. The topological polar surface area (TPSA) is 37.3 Å². The van der Waals surface area contributed by atoms with E-state index in [2.05, 4.69) is 12.1 Å². The Morgan fingerprint density at radius 3 is 2.56 bits per heavy atom. The van der Waals surface area contributed by atoms with Crippen molar-refractivity contribution in [1.82, 2.24) is 0 Å².